The van der Waals surface area contributed by atoms with Crippen LogP contribution in [0.4, 0.5) is 13.2 Å². The van der Waals surface area contributed by atoms with Crippen molar-refractivity contribution in [1.29, 1.82) is 0 Å². The van der Waals surface area contributed by atoms with Crippen LogP contribution in [0.15, 0.2) is 47.3 Å². The van der Waals surface area contributed by atoms with Crippen molar-refractivity contribution in [2.24, 2.45) is 0 Å². The molecule has 5 nitrogen and oxygen atoms in total. The highest BCUT2D eigenvalue weighted by Gasteiger charge is 2.33. The Bertz CT molecular complexity index is 742. The predicted molar refractivity (Wildman–Crippen MR) is 81.3 cm³/mol. The number of hydrogen-bond donors (Lipinski definition) is 1. The SMILES string of the molecule is O=C(CCc1ccccc1)NCCn1nc(C(F)(F)F)ccc1=O. The molecule has 24 heavy (non-hydrogen) atoms. The Hall–Kier alpha value is -2.64. The van der Waals surface area contributed by atoms with Gasteiger partial charge in [0.25, 0.3) is 5.56 Å². The Kier molecular flexibility index (Phi) is 5.73. The fraction of sp³-hybridized carbons (Fsp3) is 0.312. The Morgan fingerprint density at radius 1 is 1.12 bits per heavy atom. The van der Waals surface area contributed by atoms with Crippen LogP contribution in [0.25, 0.3) is 0 Å². The number of alkyl halides is 3. The maximum atomic E-state index is 12.6. The van der Waals surface area contributed by atoms with Crippen molar-refractivity contribution >= 4 is 5.91 Å². The molecule has 128 valence electrons. The summed E-state index contributed by atoms with van der Waals surface area (Å²) in [6.07, 6.45) is -3.79. The van der Waals surface area contributed by atoms with Gasteiger partial charge in [-0.2, -0.15) is 18.3 Å². The number of carbonyl (C=O) groups excluding carboxylic acids is 1. The van der Waals surface area contributed by atoms with E-state index in [2.05, 4.69) is 10.4 Å². The molecule has 1 aromatic carbocycles. The third-order valence-corrected chi connectivity index (χ3v) is 3.29. The van der Waals surface area contributed by atoms with Crippen LogP contribution < -0.4 is 10.9 Å². The van der Waals surface area contributed by atoms with Crippen molar-refractivity contribution in [3.63, 3.8) is 0 Å². The molecule has 0 saturated heterocycles. The Morgan fingerprint density at radius 3 is 2.50 bits per heavy atom. The molecule has 0 aliphatic heterocycles. The lowest BCUT2D eigenvalue weighted by molar-refractivity contribution is -0.142. The highest BCUT2D eigenvalue weighted by Crippen LogP contribution is 2.26. The van der Waals surface area contributed by atoms with Crippen molar-refractivity contribution in [1.82, 2.24) is 15.1 Å². The third kappa shape index (κ3) is 5.22. The number of amides is 1. The summed E-state index contributed by atoms with van der Waals surface area (Å²) in [5.74, 6) is -0.237. The van der Waals surface area contributed by atoms with Crippen molar-refractivity contribution in [2.45, 2.75) is 25.6 Å². The van der Waals surface area contributed by atoms with Crippen LogP contribution in [0.1, 0.15) is 17.7 Å². The molecule has 2 aromatic rings. The van der Waals surface area contributed by atoms with E-state index in [1.807, 2.05) is 30.3 Å². The molecule has 0 saturated carbocycles. The standard InChI is InChI=1S/C16H16F3N3O2/c17-16(18,19)13-7-9-15(24)22(21-13)11-10-20-14(23)8-6-12-4-2-1-3-5-12/h1-5,7,9H,6,8,10-11H2,(H,20,23). The van der Waals surface area contributed by atoms with Crippen molar-refractivity contribution in [3.05, 3.63) is 64.1 Å². The summed E-state index contributed by atoms with van der Waals surface area (Å²) < 4.78 is 38.4. The maximum absolute atomic E-state index is 12.6. The first-order valence-corrected chi connectivity index (χ1v) is 7.32. The van der Waals surface area contributed by atoms with Crippen LogP contribution in [-0.4, -0.2) is 22.2 Å². The van der Waals surface area contributed by atoms with E-state index in [-0.39, 0.29) is 25.4 Å². The lowest BCUT2D eigenvalue weighted by Gasteiger charge is -2.10. The summed E-state index contributed by atoms with van der Waals surface area (Å²) in [4.78, 5) is 23.2. The summed E-state index contributed by atoms with van der Waals surface area (Å²) in [6, 6.07) is 10.9. The summed E-state index contributed by atoms with van der Waals surface area (Å²) >= 11 is 0. The van der Waals surface area contributed by atoms with E-state index in [1.165, 1.54) is 0 Å². The van der Waals surface area contributed by atoms with Crippen molar-refractivity contribution < 1.29 is 18.0 Å². The number of hydrogen-bond acceptors (Lipinski definition) is 3. The molecule has 2 rings (SSSR count). The smallest absolute Gasteiger partial charge is 0.354 e. The lowest BCUT2D eigenvalue weighted by atomic mass is 10.1. The highest BCUT2D eigenvalue weighted by molar-refractivity contribution is 5.76. The number of benzene rings is 1. The molecular weight excluding hydrogens is 323 g/mol. The first-order valence-electron chi connectivity index (χ1n) is 7.32. The summed E-state index contributed by atoms with van der Waals surface area (Å²) in [6.45, 7) is -0.0956. The van der Waals surface area contributed by atoms with Gasteiger partial charge in [0.2, 0.25) is 5.91 Å². The molecule has 0 unspecified atom stereocenters. The second kappa shape index (κ2) is 7.76. The predicted octanol–water partition coefficient (Wildman–Crippen LogP) is 2.01. The zero-order chi connectivity index (χ0) is 17.6. The zero-order valence-corrected chi connectivity index (χ0v) is 12.7. The third-order valence-electron chi connectivity index (χ3n) is 3.29. The Morgan fingerprint density at radius 2 is 1.83 bits per heavy atom. The molecule has 0 aliphatic carbocycles. The molecule has 8 heteroatoms. The number of nitrogens with one attached hydrogen (secondary N) is 1. The molecule has 0 spiro atoms. The number of nitrogens with zero attached hydrogens (tertiary/aromatic N) is 2. The fourth-order valence-electron chi connectivity index (χ4n) is 2.05. The van der Waals surface area contributed by atoms with Gasteiger partial charge >= 0.3 is 6.18 Å². The molecule has 1 N–H and O–H groups in total. The Labute approximate surface area is 136 Å². The second-order valence-corrected chi connectivity index (χ2v) is 5.11. The minimum absolute atomic E-state index is 0.0296. The van der Waals surface area contributed by atoms with Crippen LogP contribution in [0.2, 0.25) is 0 Å². The minimum atomic E-state index is -4.62. The fourth-order valence-corrected chi connectivity index (χ4v) is 2.05. The van der Waals surface area contributed by atoms with Gasteiger partial charge in [0.05, 0.1) is 6.54 Å². The maximum Gasteiger partial charge on any atom is 0.435 e. The van der Waals surface area contributed by atoms with Gasteiger partial charge in [-0.1, -0.05) is 30.3 Å². The van der Waals surface area contributed by atoms with Crippen molar-refractivity contribution in [2.75, 3.05) is 6.54 Å². The highest BCUT2D eigenvalue weighted by atomic mass is 19.4. The van der Waals surface area contributed by atoms with Gasteiger partial charge < -0.3 is 5.32 Å². The topological polar surface area (TPSA) is 64.0 Å². The lowest BCUT2D eigenvalue weighted by Crippen LogP contribution is -2.33. The van der Waals surface area contributed by atoms with Gasteiger partial charge in [-0.05, 0) is 18.1 Å². The van der Waals surface area contributed by atoms with Gasteiger partial charge in [-0.15, -0.1) is 0 Å². The molecule has 1 aromatic heterocycles. The largest absolute Gasteiger partial charge is 0.435 e. The van der Waals surface area contributed by atoms with E-state index in [4.69, 9.17) is 0 Å². The van der Waals surface area contributed by atoms with Gasteiger partial charge in [-0.25, -0.2) is 4.68 Å². The van der Waals surface area contributed by atoms with E-state index in [0.717, 1.165) is 11.6 Å². The minimum Gasteiger partial charge on any atom is -0.354 e. The average molecular weight is 339 g/mol. The van der Waals surface area contributed by atoms with E-state index < -0.39 is 17.4 Å². The van der Waals surface area contributed by atoms with Crippen LogP contribution >= 0.6 is 0 Å². The van der Waals surface area contributed by atoms with E-state index in [0.29, 0.717) is 17.2 Å². The second-order valence-electron chi connectivity index (χ2n) is 5.11. The quantitative estimate of drug-likeness (QED) is 0.876. The van der Waals surface area contributed by atoms with E-state index in [9.17, 15) is 22.8 Å². The van der Waals surface area contributed by atoms with Crippen LogP contribution in [0.3, 0.4) is 0 Å². The first-order chi connectivity index (χ1) is 11.4. The van der Waals surface area contributed by atoms with Gasteiger partial charge in [-0.3, -0.25) is 9.59 Å². The molecule has 0 fully saturated rings. The summed E-state index contributed by atoms with van der Waals surface area (Å²) in [5.41, 5.74) is -0.776. The molecule has 0 radical (unpaired) electrons. The number of aryl methyl sites for hydroxylation is 1. The average Bonchev–Trinajstić information content (AvgIpc) is 2.54. The van der Waals surface area contributed by atoms with E-state index in [1.54, 1.807) is 0 Å². The number of aromatic nitrogens is 2. The number of carbonyl (C=O) groups is 1. The first kappa shape index (κ1) is 17.7. The molecule has 0 bridgehead atoms. The van der Waals surface area contributed by atoms with Crippen LogP contribution in [0, 0.1) is 0 Å². The summed E-state index contributed by atoms with van der Waals surface area (Å²) in [7, 11) is 0. The van der Waals surface area contributed by atoms with Crippen LogP contribution in [-0.2, 0) is 23.9 Å². The van der Waals surface area contributed by atoms with Crippen molar-refractivity contribution in [3.8, 4) is 0 Å². The molecule has 1 heterocycles. The summed E-state index contributed by atoms with van der Waals surface area (Å²) in [5, 5.41) is 5.83. The molecule has 1 amide bonds. The zero-order valence-electron chi connectivity index (χ0n) is 12.7. The molecule has 0 atom stereocenters. The number of rotatable bonds is 6. The van der Waals surface area contributed by atoms with Gasteiger partial charge in [0.1, 0.15) is 0 Å². The molecule has 0 aliphatic rings. The van der Waals surface area contributed by atoms with Crippen LogP contribution in [0.5, 0.6) is 0 Å². The number of halogens is 3. The normalized spacial score (nSPS) is 11.3. The van der Waals surface area contributed by atoms with Gasteiger partial charge in [0.15, 0.2) is 5.69 Å². The monoisotopic (exact) mass is 339 g/mol. The Balaban J connectivity index is 1.83. The molecular formula is C16H16F3N3O2. The van der Waals surface area contributed by atoms with Gasteiger partial charge in [0, 0.05) is 19.0 Å². The van der Waals surface area contributed by atoms with E-state index >= 15 is 0 Å².